The number of aromatic nitrogens is 4. The van der Waals surface area contributed by atoms with Crippen LogP contribution < -0.4 is 25.2 Å². The number of nitrogens with zero attached hydrogens (tertiary/aromatic N) is 8. The fraction of sp³-hybridized carbons (Fsp3) is 0.467. The number of fused-ring (bicyclic) bond motifs is 2. The molecule has 3 aromatic carbocycles. The molecule has 3 fully saturated rings. The van der Waals surface area contributed by atoms with Crippen molar-refractivity contribution in [2.45, 2.75) is 75.0 Å². The molecule has 8 rings (SSSR count). The second-order valence-electron chi connectivity index (χ2n) is 16.8. The summed E-state index contributed by atoms with van der Waals surface area (Å²) in [5, 5.41) is 27.1. The Hall–Kier alpha value is -5.65. The van der Waals surface area contributed by atoms with Crippen LogP contribution in [-0.4, -0.2) is 111 Å². The number of anilines is 2. The minimum atomic E-state index is -0.738. The molecule has 3 N–H and O–H groups in total. The van der Waals surface area contributed by atoms with Crippen LogP contribution in [0, 0.1) is 23.0 Å². The standard InChI is InChI=1S/C45H52F2N10O6S/c1-49-44(61)56(15-4-19-58)42-34-22-37(47)32(23-40(34)54(3)51-42)28-5-7-29(8-6-28)55-16-13-45(14-17-55)24-30(26-62-45)57-27-50-38-11-9-31(21-33(38)43(57)60)63-41-35(25-48)39(12-10-36(41)46)52-64-53(2)18-20-59/h9-12,19,21-23,27-30,52,59H,4-8,13-18,20,24,26H2,1-3H3,(H,49,61). The summed E-state index contributed by atoms with van der Waals surface area (Å²) in [7, 11) is 5.03. The number of aliphatic hydroxyl groups is 1. The number of carbonyl (C=O) groups excluding carboxylic acids is 2. The predicted molar refractivity (Wildman–Crippen MR) is 239 cm³/mol. The topological polar surface area (TPSA) is 183 Å². The van der Waals surface area contributed by atoms with Gasteiger partial charge in [0.25, 0.3) is 5.56 Å². The number of aldehydes is 1. The Labute approximate surface area is 373 Å². The third-order valence-corrected chi connectivity index (χ3v) is 13.8. The number of halogens is 2. The third-order valence-electron chi connectivity index (χ3n) is 13.0. The van der Waals surface area contributed by atoms with E-state index in [2.05, 4.69) is 25.0 Å². The van der Waals surface area contributed by atoms with Crippen molar-refractivity contribution in [3.05, 3.63) is 81.9 Å². The number of hydrogen-bond acceptors (Lipinski definition) is 13. The number of aryl methyl sites for hydroxylation is 1. The zero-order valence-electron chi connectivity index (χ0n) is 36.1. The highest BCUT2D eigenvalue weighted by Gasteiger charge is 2.45. The van der Waals surface area contributed by atoms with Gasteiger partial charge in [0.05, 0.1) is 53.3 Å². The molecule has 2 aromatic heterocycles. The van der Waals surface area contributed by atoms with Gasteiger partial charge in [-0.1, -0.05) is 0 Å². The molecule has 1 atom stereocenters. The first kappa shape index (κ1) is 44.9. The van der Waals surface area contributed by atoms with Gasteiger partial charge in [-0.3, -0.25) is 18.9 Å². The van der Waals surface area contributed by atoms with Crippen molar-refractivity contribution in [2.75, 3.05) is 63.1 Å². The molecule has 16 nitrogen and oxygen atoms in total. The van der Waals surface area contributed by atoms with Crippen LogP contribution in [0.1, 0.15) is 74.5 Å². The summed E-state index contributed by atoms with van der Waals surface area (Å²) in [6, 6.07) is 12.4. The molecule has 2 amide bonds. The second-order valence-corrected chi connectivity index (χ2v) is 17.8. The van der Waals surface area contributed by atoms with E-state index in [0.717, 1.165) is 75.6 Å². The number of nitrogens with one attached hydrogen (secondary N) is 2. The maximum atomic E-state index is 15.9. The SMILES string of the molecule is CNC(=O)N(CCC=O)c1nn(C)c2cc(C3CCC(N4CCC5(CC4)CC(n4cnc6ccc(Oc7c(F)ccc(NSN(C)CCO)c7C#N)cc6c4=O)CO5)CC3)c(F)cc12. The van der Waals surface area contributed by atoms with E-state index in [1.54, 1.807) is 46.1 Å². The molecular formula is C45H52F2N10O6S. The molecule has 4 heterocycles. The smallest absolute Gasteiger partial charge is 0.322 e. The van der Waals surface area contributed by atoms with Crippen LogP contribution in [0.15, 0.2) is 53.6 Å². The summed E-state index contributed by atoms with van der Waals surface area (Å²) in [5.41, 5.74) is 1.48. The average Bonchev–Trinajstić information content (AvgIpc) is 3.86. The van der Waals surface area contributed by atoms with Crippen molar-refractivity contribution in [2.24, 2.45) is 7.05 Å². The van der Waals surface area contributed by atoms with E-state index in [-0.39, 0.29) is 65.6 Å². The van der Waals surface area contributed by atoms with Crippen LogP contribution in [0.4, 0.5) is 25.1 Å². The summed E-state index contributed by atoms with van der Waals surface area (Å²) in [6.07, 6.45) is 8.28. The first-order valence-corrected chi connectivity index (χ1v) is 22.4. The average molecular weight is 899 g/mol. The van der Waals surface area contributed by atoms with Crippen molar-refractivity contribution in [1.29, 1.82) is 5.26 Å². The van der Waals surface area contributed by atoms with Crippen molar-refractivity contribution in [1.82, 2.24) is 33.9 Å². The van der Waals surface area contributed by atoms with Crippen LogP contribution >= 0.6 is 12.1 Å². The zero-order chi connectivity index (χ0) is 45.1. The van der Waals surface area contributed by atoms with E-state index in [9.17, 15) is 24.8 Å². The van der Waals surface area contributed by atoms with E-state index < -0.39 is 11.8 Å². The molecule has 338 valence electrons. The van der Waals surface area contributed by atoms with E-state index in [1.807, 2.05) is 12.1 Å². The molecule has 0 radical (unpaired) electrons. The number of ether oxygens (including phenoxy) is 2. The minimum absolute atomic E-state index is 0.0487. The monoisotopic (exact) mass is 898 g/mol. The normalized spacial score (nSPS) is 19.9. The van der Waals surface area contributed by atoms with Gasteiger partial charge in [0.15, 0.2) is 17.4 Å². The number of piperidine rings is 1. The predicted octanol–water partition coefficient (Wildman–Crippen LogP) is 6.38. The first-order valence-electron chi connectivity index (χ1n) is 21.6. The van der Waals surface area contributed by atoms with Crippen molar-refractivity contribution >= 4 is 57.8 Å². The Balaban J connectivity index is 0.892. The number of likely N-dealkylation sites (tertiary alicyclic amines) is 1. The van der Waals surface area contributed by atoms with E-state index in [4.69, 9.17) is 9.47 Å². The first-order chi connectivity index (χ1) is 31.0. The molecule has 2 aliphatic heterocycles. The number of carbonyl (C=O) groups is 2. The van der Waals surface area contributed by atoms with Crippen molar-refractivity contribution in [3.8, 4) is 17.6 Å². The maximum Gasteiger partial charge on any atom is 0.322 e. The molecule has 1 spiro atoms. The van der Waals surface area contributed by atoms with Gasteiger partial charge in [0, 0.05) is 70.3 Å². The third kappa shape index (κ3) is 9.02. The quantitative estimate of drug-likeness (QED) is 0.0826. The summed E-state index contributed by atoms with van der Waals surface area (Å²) in [5.74, 6) is -0.794. The maximum absolute atomic E-state index is 15.9. The molecule has 5 aromatic rings. The number of aliphatic hydroxyl groups excluding tert-OH is 1. The molecule has 2 saturated heterocycles. The van der Waals surface area contributed by atoms with Crippen molar-refractivity contribution < 1.29 is 33.0 Å². The number of urea groups is 1. The van der Waals surface area contributed by atoms with Gasteiger partial charge < -0.3 is 34.3 Å². The van der Waals surface area contributed by atoms with Gasteiger partial charge in [-0.25, -0.2) is 22.9 Å². The highest BCUT2D eigenvalue weighted by atomic mass is 32.2. The Bertz CT molecular complexity index is 2640. The van der Waals surface area contributed by atoms with E-state index >= 15 is 8.78 Å². The highest BCUT2D eigenvalue weighted by molar-refractivity contribution is 7.98. The van der Waals surface area contributed by atoms with Gasteiger partial charge in [-0.2, -0.15) is 10.4 Å². The van der Waals surface area contributed by atoms with Gasteiger partial charge in [-0.15, -0.1) is 0 Å². The van der Waals surface area contributed by atoms with Crippen LogP contribution in [0.25, 0.3) is 21.8 Å². The van der Waals surface area contributed by atoms with Crippen LogP contribution in [0.2, 0.25) is 0 Å². The molecule has 1 aliphatic carbocycles. The Morgan fingerprint density at radius 2 is 1.88 bits per heavy atom. The second kappa shape index (κ2) is 19.2. The van der Waals surface area contributed by atoms with Gasteiger partial charge in [0.2, 0.25) is 0 Å². The molecule has 1 unspecified atom stereocenters. The lowest BCUT2D eigenvalue weighted by atomic mass is 9.79. The van der Waals surface area contributed by atoms with Crippen LogP contribution in [0.3, 0.4) is 0 Å². The number of hydrogen-bond donors (Lipinski definition) is 3. The summed E-state index contributed by atoms with van der Waals surface area (Å²) in [6.45, 7) is 2.53. The number of rotatable bonds is 14. The van der Waals surface area contributed by atoms with Gasteiger partial charge in [0.1, 0.15) is 29.5 Å². The van der Waals surface area contributed by atoms with E-state index in [0.29, 0.717) is 59.0 Å². The summed E-state index contributed by atoms with van der Waals surface area (Å²) >= 11 is 1.14. The molecule has 3 aliphatic rings. The Morgan fingerprint density at radius 1 is 1.09 bits per heavy atom. The molecular weight excluding hydrogens is 847 g/mol. The molecule has 0 bridgehead atoms. The summed E-state index contributed by atoms with van der Waals surface area (Å²) < 4.78 is 51.5. The number of nitriles is 1. The van der Waals surface area contributed by atoms with E-state index in [1.165, 1.54) is 36.2 Å². The molecule has 64 heavy (non-hydrogen) atoms. The van der Waals surface area contributed by atoms with Crippen LogP contribution in [-0.2, 0) is 16.6 Å². The number of amides is 2. The minimum Gasteiger partial charge on any atom is -0.453 e. The lowest BCUT2D eigenvalue weighted by Crippen LogP contribution is -2.49. The summed E-state index contributed by atoms with van der Waals surface area (Å²) in [4.78, 5) is 46.2. The Morgan fingerprint density at radius 3 is 2.59 bits per heavy atom. The zero-order valence-corrected chi connectivity index (χ0v) is 36.9. The largest absolute Gasteiger partial charge is 0.453 e. The highest BCUT2D eigenvalue weighted by Crippen LogP contribution is 2.44. The molecule has 1 saturated carbocycles. The lowest BCUT2D eigenvalue weighted by molar-refractivity contribution is -0.107. The molecule has 19 heteroatoms. The number of benzene rings is 3. The van der Waals surface area contributed by atoms with Gasteiger partial charge in [-0.05, 0) is 106 Å². The fourth-order valence-electron chi connectivity index (χ4n) is 9.53. The van der Waals surface area contributed by atoms with Gasteiger partial charge >= 0.3 is 6.03 Å². The van der Waals surface area contributed by atoms with Crippen LogP contribution in [0.5, 0.6) is 11.5 Å². The lowest BCUT2D eigenvalue weighted by Gasteiger charge is -2.44. The van der Waals surface area contributed by atoms with Crippen molar-refractivity contribution in [3.63, 3.8) is 0 Å². The number of likely N-dealkylation sites (N-methyl/N-ethyl adjacent to an activating group) is 1. The Kier molecular flexibility index (Phi) is 13.5. The fourth-order valence-corrected chi connectivity index (χ4v) is 10.1.